The summed E-state index contributed by atoms with van der Waals surface area (Å²) in [5.41, 5.74) is 6.37. The van der Waals surface area contributed by atoms with Crippen molar-refractivity contribution in [2.75, 3.05) is 32.0 Å². The van der Waals surface area contributed by atoms with Gasteiger partial charge in [0.15, 0.2) is 0 Å². The van der Waals surface area contributed by atoms with Gasteiger partial charge in [0.25, 0.3) is 0 Å². The number of likely N-dealkylation sites (N-methyl/N-ethyl adjacent to an activating group) is 1. The molecule has 3 aliphatic rings. The molecule has 1 amide bonds. The van der Waals surface area contributed by atoms with E-state index in [1.165, 1.54) is 11.1 Å². The van der Waals surface area contributed by atoms with Crippen LogP contribution in [-0.4, -0.2) is 48.2 Å². The minimum Gasteiger partial charge on any atom is -0.387 e. The molecular weight excluding hydrogens is 434 g/mol. The number of rotatable bonds is 8. The molecule has 6 heteroatoms. The molecule has 0 saturated heterocycles. The molecule has 6 nitrogen and oxygen atoms in total. The molecule has 0 spiro atoms. The Morgan fingerprint density at radius 2 is 2.11 bits per heavy atom. The van der Waals surface area contributed by atoms with Crippen LogP contribution >= 0.6 is 0 Å². The molecule has 1 aromatic rings. The normalized spacial score (nSPS) is 16.8. The Bertz CT molecular complexity index is 1090. The highest BCUT2D eigenvalue weighted by Gasteiger charge is 2.23. The molecule has 35 heavy (non-hydrogen) atoms. The van der Waals surface area contributed by atoms with E-state index in [0.717, 1.165) is 67.4 Å². The zero-order valence-electron chi connectivity index (χ0n) is 21.6. The van der Waals surface area contributed by atoms with Crippen molar-refractivity contribution in [3.05, 3.63) is 70.7 Å². The number of carbonyl (C=O) groups excluding carboxylic acids is 1. The molecule has 0 fully saturated rings. The number of amidine groups is 1. The minimum atomic E-state index is 0.160. The molecule has 186 valence electrons. The SMILES string of the molecule is CCCCN(CCC(C)C)C(=O)C1=CC=C2N=C(Nc3ccc4c(c3)C=CNC4)CN(C)C2=CC1. The van der Waals surface area contributed by atoms with Gasteiger partial charge in [-0.05, 0) is 66.8 Å². The lowest BCUT2D eigenvalue weighted by Gasteiger charge is -2.29. The summed E-state index contributed by atoms with van der Waals surface area (Å²) in [4.78, 5) is 22.6. The first kappa shape index (κ1) is 24.8. The van der Waals surface area contributed by atoms with Crippen LogP contribution in [0.1, 0.15) is 57.6 Å². The highest BCUT2D eigenvalue weighted by Crippen LogP contribution is 2.27. The number of unbranched alkanes of at least 4 members (excludes halogenated alkanes) is 1. The second kappa shape index (κ2) is 11.4. The van der Waals surface area contributed by atoms with E-state index in [4.69, 9.17) is 4.99 Å². The molecule has 0 radical (unpaired) electrons. The smallest absolute Gasteiger partial charge is 0.250 e. The van der Waals surface area contributed by atoms with E-state index in [2.05, 4.69) is 73.7 Å². The van der Waals surface area contributed by atoms with Crippen LogP contribution in [-0.2, 0) is 11.3 Å². The van der Waals surface area contributed by atoms with Crippen LogP contribution in [0.25, 0.3) is 6.08 Å². The lowest BCUT2D eigenvalue weighted by Crippen LogP contribution is -2.35. The first-order valence-corrected chi connectivity index (χ1v) is 12.9. The Morgan fingerprint density at radius 1 is 1.26 bits per heavy atom. The van der Waals surface area contributed by atoms with Crippen LogP contribution in [0.2, 0.25) is 0 Å². The van der Waals surface area contributed by atoms with Gasteiger partial charge in [-0.25, -0.2) is 4.99 Å². The van der Waals surface area contributed by atoms with Crippen molar-refractivity contribution in [1.82, 2.24) is 15.1 Å². The average Bonchev–Trinajstić information content (AvgIpc) is 3.07. The summed E-state index contributed by atoms with van der Waals surface area (Å²) in [6.45, 7) is 9.79. The summed E-state index contributed by atoms with van der Waals surface area (Å²) in [5, 5.41) is 6.75. The molecule has 2 N–H and O–H groups in total. The molecular formula is C29H39N5O. The van der Waals surface area contributed by atoms with Crippen LogP contribution in [0.4, 0.5) is 5.69 Å². The summed E-state index contributed by atoms with van der Waals surface area (Å²) in [6.07, 6.45) is 14.0. The summed E-state index contributed by atoms with van der Waals surface area (Å²) < 4.78 is 0. The number of benzene rings is 1. The molecule has 0 atom stereocenters. The number of carbonyl (C=O) groups is 1. The minimum absolute atomic E-state index is 0.160. The molecule has 0 bridgehead atoms. The Kier molecular flexibility index (Phi) is 8.11. The number of nitrogens with zero attached hydrogens (tertiary/aromatic N) is 3. The Balaban J connectivity index is 1.52. The monoisotopic (exact) mass is 473 g/mol. The molecule has 2 heterocycles. The van der Waals surface area contributed by atoms with Gasteiger partial charge >= 0.3 is 0 Å². The molecule has 2 aliphatic heterocycles. The predicted octanol–water partition coefficient (Wildman–Crippen LogP) is 5.29. The van der Waals surface area contributed by atoms with Crippen molar-refractivity contribution >= 4 is 23.5 Å². The van der Waals surface area contributed by atoms with Gasteiger partial charge in [-0.15, -0.1) is 0 Å². The Hall–Kier alpha value is -3.28. The second-order valence-electron chi connectivity index (χ2n) is 10.0. The van der Waals surface area contributed by atoms with Crippen LogP contribution in [0, 0.1) is 5.92 Å². The number of nitrogens with one attached hydrogen (secondary N) is 2. The number of allylic oxidation sites excluding steroid dienone is 3. The maximum absolute atomic E-state index is 13.4. The average molecular weight is 474 g/mol. The van der Waals surface area contributed by atoms with E-state index in [0.29, 0.717) is 18.9 Å². The van der Waals surface area contributed by atoms with E-state index >= 15 is 0 Å². The maximum atomic E-state index is 13.4. The summed E-state index contributed by atoms with van der Waals surface area (Å²) in [6, 6.07) is 6.43. The molecule has 4 rings (SSSR count). The van der Waals surface area contributed by atoms with Crippen molar-refractivity contribution in [3.63, 3.8) is 0 Å². The number of hydrogen-bond acceptors (Lipinski definition) is 5. The van der Waals surface area contributed by atoms with E-state index in [-0.39, 0.29) is 5.91 Å². The van der Waals surface area contributed by atoms with Crippen molar-refractivity contribution < 1.29 is 4.79 Å². The van der Waals surface area contributed by atoms with Gasteiger partial charge in [0.05, 0.1) is 17.9 Å². The van der Waals surface area contributed by atoms with Gasteiger partial charge in [0, 0.05) is 37.9 Å². The zero-order valence-corrected chi connectivity index (χ0v) is 21.6. The lowest BCUT2D eigenvalue weighted by atomic mass is 10.0. The third kappa shape index (κ3) is 6.24. The van der Waals surface area contributed by atoms with Gasteiger partial charge in [0.1, 0.15) is 5.84 Å². The Morgan fingerprint density at radius 3 is 2.91 bits per heavy atom. The third-order valence-corrected chi connectivity index (χ3v) is 6.70. The number of amides is 1. The first-order chi connectivity index (χ1) is 16.9. The number of aliphatic imine (C=N–C) groups is 1. The van der Waals surface area contributed by atoms with E-state index in [1.807, 2.05) is 23.3 Å². The number of anilines is 1. The molecule has 0 aromatic heterocycles. The van der Waals surface area contributed by atoms with Gasteiger partial charge in [-0.3, -0.25) is 4.79 Å². The molecule has 0 saturated carbocycles. The highest BCUT2D eigenvalue weighted by atomic mass is 16.2. The van der Waals surface area contributed by atoms with Crippen molar-refractivity contribution in [3.8, 4) is 0 Å². The fourth-order valence-corrected chi connectivity index (χ4v) is 4.56. The van der Waals surface area contributed by atoms with Crippen LogP contribution in [0.5, 0.6) is 0 Å². The standard InChI is InChI=1S/C29H39N5O/c1-5-6-16-34(17-14-21(2)3)29(35)22-8-11-26-27(12-9-22)33(4)20-28(32-26)31-25-10-7-24-19-30-15-13-23(24)18-25/h7-8,10-13,15,18,21,30H,5-6,9,14,16-17,19-20H2,1-4H3,(H,31,32). The zero-order chi connectivity index (χ0) is 24.8. The lowest BCUT2D eigenvalue weighted by molar-refractivity contribution is -0.127. The largest absolute Gasteiger partial charge is 0.387 e. The van der Waals surface area contributed by atoms with Crippen molar-refractivity contribution in [1.29, 1.82) is 0 Å². The molecule has 1 aromatic carbocycles. The van der Waals surface area contributed by atoms with E-state index < -0.39 is 0 Å². The van der Waals surface area contributed by atoms with Crippen molar-refractivity contribution in [2.45, 2.75) is 53.0 Å². The third-order valence-electron chi connectivity index (χ3n) is 6.70. The van der Waals surface area contributed by atoms with E-state index in [1.54, 1.807) is 0 Å². The van der Waals surface area contributed by atoms with Gasteiger partial charge in [-0.1, -0.05) is 45.4 Å². The van der Waals surface area contributed by atoms with Crippen LogP contribution < -0.4 is 10.6 Å². The van der Waals surface area contributed by atoms with E-state index in [9.17, 15) is 4.79 Å². The summed E-state index contributed by atoms with van der Waals surface area (Å²) >= 11 is 0. The van der Waals surface area contributed by atoms with Gasteiger partial charge in [-0.2, -0.15) is 0 Å². The fraction of sp³-hybridized carbons (Fsp3) is 0.448. The molecule has 1 aliphatic carbocycles. The van der Waals surface area contributed by atoms with Crippen molar-refractivity contribution in [2.24, 2.45) is 10.9 Å². The topological polar surface area (TPSA) is 60.0 Å². The summed E-state index contributed by atoms with van der Waals surface area (Å²) in [7, 11) is 2.08. The van der Waals surface area contributed by atoms with Gasteiger partial charge < -0.3 is 20.4 Å². The van der Waals surface area contributed by atoms with Crippen LogP contribution in [0.15, 0.2) is 64.6 Å². The maximum Gasteiger partial charge on any atom is 0.250 e. The fourth-order valence-electron chi connectivity index (χ4n) is 4.56. The highest BCUT2D eigenvalue weighted by molar-refractivity contribution is 5.99. The summed E-state index contributed by atoms with van der Waals surface area (Å²) in [5.74, 6) is 1.64. The Labute approximate surface area is 210 Å². The predicted molar refractivity (Wildman–Crippen MR) is 146 cm³/mol. The molecule has 0 unspecified atom stereocenters. The second-order valence-corrected chi connectivity index (χ2v) is 10.0. The number of fused-ring (bicyclic) bond motifs is 2. The quantitative estimate of drug-likeness (QED) is 0.539. The van der Waals surface area contributed by atoms with Crippen LogP contribution in [0.3, 0.4) is 0 Å². The first-order valence-electron chi connectivity index (χ1n) is 12.9. The number of hydrogen-bond donors (Lipinski definition) is 2. The van der Waals surface area contributed by atoms with Gasteiger partial charge in [0.2, 0.25) is 5.91 Å².